The van der Waals surface area contributed by atoms with E-state index in [1.165, 1.54) is 13.8 Å². The molecule has 0 rings (SSSR count). The molecule has 0 aliphatic rings. The summed E-state index contributed by atoms with van der Waals surface area (Å²) in [5, 5.41) is 0. The number of carbonyl (C=O) groups is 3. The summed E-state index contributed by atoms with van der Waals surface area (Å²) in [6, 6.07) is 0. The van der Waals surface area contributed by atoms with Crippen molar-refractivity contribution in [3.8, 4) is 0 Å². The Labute approximate surface area is 70.2 Å². The largest absolute Gasteiger partial charge is 0.389 e. The molecule has 0 N–H and O–H groups in total. The van der Waals surface area contributed by atoms with Gasteiger partial charge in [-0.25, -0.2) is 4.79 Å². The first-order chi connectivity index (χ1) is 5.43. The topological polar surface area (TPSA) is 60.4 Å². The lowest BCUT2D eigenvalue weighted by molar-refractivity contribution is -0.157. The van der Waals surface area contributed by atoms with E-state index in [9.17, 15) is 14.4 Å². The minimum atomic E-state index is -0.838. The highest BCUT2D eigenvalue weighted by Crippen LogP contribution is 1.95. The molecule has 0 unspecified atom stereocenters. The van der Waals surface area contributed by atoms with Gasteiger partial charge in [0.1, 0.15) is 12.2 Å². The molecule has 4 heteroatoms. The van der Waals surface area contributed by atoms with Crippen molar-refractivity contribution in [2.24, 2.45) is 0 Å². The standard InChI is InChI=1S/C8H10O4/c1-5(2)8(11)12-7(10)4-6(3)9/h1,4H2,2-3H3. The van der Waals surface area contributed by atoms with Crippen molar-refractivity contribution in [3.05, 3.63) is 12.2 Å². The summed E-state index contributed by atoms with van der Waals surface area (Å²) in [7, 11) is 0. The van der Waals surface area contributed by atoms with E-state index in [0.717, 1.165) is 0 Å². The molecule has 4 nitrogen and oxygen atoms in total. The molecule has 0 bridgehead atoms. The summed E-state index contributed by atoms with van der Waals surface area (Å²) in [5.74, 6) is -1.97. The lowest BCUT2D eigenvalue weighted by Crippen LogP contribution is -2.14. The quantitative estimate of drug-likeness (QED) is 0.353. The maximum atomic E-state index is 10.7. The molecule has 66 valence electrons. The van der Waals surface area contributed by atoms with Crippen molar-refractivity contribution < 1.29 is 19.1 Å². The first-order valence-corrected chi connectivity index (χ1v) is 3.33. The molecule has 0 fully saturated rings. The van der Waals surface area contributed by atoms with Gasteiger partial charge in [0.25, 0.3) is 0 Å². The summed E-state index contributed by atoms with van der Waals surface area (Å²) in [5.41, 5.74) is 0.131. The van der Waals surface area contributed by atoms with Gasteiger partial charge in [0.2, 0.25) is 0 Å². The lowest BCUT2D eigenvalue weighted by Gasteiger charge is -1.99. The molecule has 0 aromatic heterocycles. The van der Waals surface area contributed by atoms with E-state index in [4.69, 9.17) is 0 Å². The monoisotopic (exact) mass is 170 g/mol. The van der Waals surface area contributed by atoms with Crippen LogP contribution < -0.4 is 0 Å². The van der Waals surface area contributed by atoms with Gasteiger partial charge in [0.15, 0.2) is 0 Å². The van der Waals surface area contributed by atoms with Crippen LogP contribution >= 0.6 is 0 Å². The van der Waals surface area contributed by atoms with E-state index in [-0.39, 0.29) is 17.8 Å². The zero-order valence-corrected chi connectivity index (χ0v) is 7.05. The highest BCUT2D eigenvalue weighted by atomic mass is 16.6. The smallest absolute Gasteiger partial charge is 0.340 e. The summed E-state index contributed by atoms with van der Waals surface area (Å²) in [4.78, 5) is 31.7. The minimum absolute atomic E-state index is 0.131. The number of ketones is 1. The zero-order valence-electron chi connectivity index (χ0n) is 7.05. The van der Waals surface area contributed by atoms with Gasteiger partial charge in [0.05, 0.1) is 0 Å². The average Bonchev–Trinajstić information content (AvgIpc) is 1.84. The Bertz CT molecular complexity index is 239. The first kappa shape index (κ1) is 10.6. The second kappa shape index (κ2) is 4.43. The van der Waals surface area contributed by atoms with Crippen LogP contribution in [-0.2, 0) is 19.1 Å². The average molecular weight is 170 g/mol. The predicted molar refractivity (Wildman–Crippen MR) is 41.2 cm³/mol. The van der Waals surface area contributed by atoms with Gasteiger partial charge in [-0.15, -0.1) is 0 Å². The summed E-state index contributed by atoms with van der Waals surface area (Å²) in [6.07, 6.45) is -0.376. The third kappa shape index (κ3) is 4.38. The third-order valence-electron chi connectivity index (χ3n) is 0.948. The Hall–Kier alpha value is -1.45. The molecule has 0 aliphatic heterocycles. The van der Waals surface area contributed by atoms with Gasteiger partial charge >= 0.3 is 11.9 Å². The number of ether oxygens (including phenoxy) is 1. The Balaban J connectivity index is 3.94. The first-order valence-electron chi connectivity index (χ1n) is 3.33. The van der Waals surface area contributed by atoms with Crippen LogP contribution in [-0.4, -0.2) is 17.7 Å². The van der Waals surface area contributed by atoms with Crippen LogP contribution in [0.5, 0.6) is 0 Å². The molecule has 0 aromatic carbocycles. The zero-order chi connectivity index (χ0) is 9.72. The number of Topliss-reactive ketones (excluding diaryl/α,β-unsaturated/α-hetero) is 1. The fourth-order valence-electron chi connectivity index (χ4n) is 0.430. The highest BCUT2D eigenvalue weighted by molar-refractivity contribution is 6.01. The molecule has 0 aromatic rings. The van der Waals surface area contributed by atoms with Gasteiger partial charge in [-0.3, -0.25) is 9.59 Å². The van der Waals surface area contributed by atoms with Crippen molar-refractivity contribution >= 4 is 17.7 Å². The Morgan fingerprint density at radius 1 is 1.25 bits per heavy atom. The van der Waals surface area contributed by atoms with Crippen LogP contribution in [0.2, 0.25) is 0 Å². The van der Waals surface area contributed by atoms with Crippen LogP contribution in [0.25, 0.3) is 0 Å². The van der Waals surface area contributed by atoms with E-state index in [1.807, 2.05) is 0 Å². The van der Waals surface area contributed by atoms with Crippen molar-refractivity contribution in [1.82, 2.24) is 0 Å². The second-order valence-electron chi connectivity index (χ2n) is 2.42. The third-order valence-corrected chi connectivity index (χ3v) is 0.948. The molecule has 0 saturated carbocycles. The number of hydrogen-bond acceptors (Lipinski definition) is 4. The summed E-state index contributed by atoms with van der Waals surface area (Å²) < 4.78 is 4.22. The molecule has 0 saturated heterocycles. The van der Waals surface area contributed by atoms with Crippen LogP contribution in [0.15, 0.2) is 12.2 Å². The number of esters is 2. The predicted octanol–water partition coefficient (Wildman–Crippen LogP) is 0.611. The fourth-order valence-corrected chi connectivity index (χ4v) is 0.430. The van der Waals surface area contributed by atoms with Crippen LogP contribution in [0.1, 0.15) is 20.3 Å². The highest BCUT2D eigenvalue weighted by Gasteiger charge is 2.12. The van der Waals surface area contributed by atoms with Gasteiger partial charge < -0.3 is 4.74 Å². The number of rotatable bonds is 3. The molecule has 0 amide bonds. The van der Waals surface area contributed by atoms with Gasteiger partial charge in [-0.2, -0.15) is 0 Å². The molecule has 0 radical (unpaired) electrons. The van der Waals surface area contributed by atoms with Crippen molar-refractivity contribution in [1.29, 1.82) is 0 Å². The number of hydrogen-bond donors (Lipinski definition) is 0. The van der Waals surface area contributed by atoms with Gasteiger partial charge in [-0.05, 0) is 13.8 Å². The fraction of sp³-hybridized carbons (Fsp3) is 0.375. The molecule has 0 atom stereocenters. The van der Waals surface area contributed by atoms with E-state index < -0.39 is 11.9 Å². The molecular formula is C8H10O4. The molecule has 0 spiro atoms. The molecule has 12 heavy (non-hydrogen) atoms. The summed E-state index contributed by atoms with van der Waals surface area (Å²) >= 11 is 0. The van der Waals surface area contributed by atoms with Crippen molar-refractivity contribution in [2.75, 3.05) is 0 Å². The Morgan fingerprint density at radius 2 is 1.75 bits per heavy atom. The van der Waals surface area contributed by atoms with E-state index >= 15 is 0 Å². The molecule has 0 heterocycles. The maximum absolute atomic E-state index is 10.7. The Morgan fingerprint density at radius 3 is 2.08 bits per heavy atom. The molecular weight excluding hydrogens is 160 g/mol. The normalized spacial score (nSPS) is 8.83. The van der Waals surface area contributed by atoms with Crippen LogP contribution in [0.3, 0.4) is 0 Å². The van der Waals surface area contributed by atoms with Gasteiger partial charge in [-0.1, -0.05) is 6.58 Å². The lowest BCUT2D eigenvalue weighted by atomic mass is 10.3. The van der Waals surface area contributed by atoms with Gasteiger partial charge in [0, 0.05) is 5.57 Å². The number of carbonyl (C=O) groups excluding carboxylic acids is 3. The molecule has 0 aliphatic carbocycles. The van der Waals surface area contributed by atoms with Crippen molar-refractivity contribution in [3.63, 3.8) is 0 Å². The SMILES string of the molecule is C=C(C)C(=O)OC(=O)CC(C)=O. The van der Waals surface area contributed by atoms with Crippen LogP contribution in [0.4, 0.5) is 0 Å². The van der Waals surface area contributed by atoms with Crippen molar-refractivity contribution in [2.45, 2.75) is 20.3 Å². The maximum Gasteiger partial charge on any atom is 0.340 e. The minimum Gasteiger partial charge on any atom is -0.389 e. The Kier molecular flexibility index (Phi) is 3.90. The van der Waals surface area contributed by atoms with E-state index in [2.05, 4.69) is 11.3 Å². The van der Waals surface area contributed by atoms with E-state index in [0.29, 0.717) is 0 Å². The van der Waals surface area contributed by atoms with Crippen LogP contribution in [0, 0.1) is 0 Å². The van der Waals surface area contributed by atoms with E-state index in [1.54, 1.807) is 0 Å². The second-order valence-corrected chi connectivity index (χ2v) is 2.42. The summed E-state index contributed by atoms with van der Waals surface area (Å²) in [6.45, 7) is 5.94.